The van der Waals surface area contributed by atoms with E-state index in [0.717, 1.165) is 17.3 Å². The van der Waals surface area contributed by atoms with Crippen LogP contribution in [0.1, 0.15) is 18.5 Å². The predicted molar refractivity (Wildman–Crippen MR) is 119 cm³/mol. The molecule has 154 valence electrons. The lowest BCUT2D eigenvalue weighted by Gasteiger charge is -2.15. The van der Waals surface area contributed by atoms with Crippen LogP contribution in [0.2, 0.25) is 0 Å². The van der Waals surface area contributed by atoms with E-state index in [1.54, 1.807) is 42.5 Å². The van der Waals surface area contributed by atoms with Crippen molar-refractivity contribution >= 4 is 35.1 Å². The smallest absolute Gasteiger partial charge is 0.323 e. The fraction of sp³-hybridized carbons (Fsp3) is 0.130. The highest BCUT2D eigenvalue weighted by atomic mass is 32.2. The first-order valence-electron chi connectivity index (χ1n) is 9.41. The summed E-state index contributed by atoms with van der Waals surface area (Å²) in [6, 6.07) is 22.2. The average Bonchev–Trinajstić information content (AvgIpc) is 2.74. The van der Waals surface area contributed by atoms with Gasteiger partial charge in [0.2, 0.25) is 5.91 Å². The van der Waals surface area contributed by atoms with Crippen LogP contribution in [0.3, 0.4) is 0 Å². The van der Waals surface area contributed by atoms with Gasteiger partial charge in [-0.25, -0.2) is 9.18 Å². The predicted octanol–water partition coefficient (Wildman–Crippen LogP) is 5.44. The SMILES string of the molecule is CC(NC(=O)CSc1ccccc1F)c1ccc(NC(=O)Nc2ccccc2)cc1. The summed E-state index contributed by atoms with van der Waals surface area (Å²) in [6.07, 6.45) is 0. The lowest BCUT2D eigenvalue weighted by molar-refractivity contribution is -0.119. The first kappa shape index (κ1) is 21.4. The number of rotatable bonds is 7. The van der Waals surface area contributed by atoms with Crippen LogP contribution in [0.4, 0.5) is 20.6 Å². The first-order chi connectivity index (χ1) is 14.5. The zero-order valence-electron chi connectivity index (χ0n) is 16.4. The Bertz CT molecular complexity index is 997. The quantitative estimate of drug-likeness (QED) is 0.443. The Morgan fingerprint density at radius 3 is 2.13 bits per heavy atom. The number of para-hydroxylation sites is 1. The van der Waals surface area contributed by atoms with Crippen LogP contribution in [-0.2, 0) is 4.79 Å². The molecule has 1 atom stereocenters. The minimum atomic E-state index is -0.333. The van der Waals surface area contributed by atoms with Gasteiger partial charge in [-0.05, 0) is 48.9 Å². The number of amides is 3. The molecule has 0 spiro atoms. The zero-order valence-corrected chi connectivity index (χ0v) is 17.2. The number of halogens is 1. The van der Waals surface area contributed by atoms with Crippen molar-refractivity contribution in [3.8, 4) is 0 Å². The third-order valence-electron chi connectivity index (χ3n) is 4.27. The summed E-state index contributed by atoms with van der Waals surface area (Å²) in [5.41, 5.74) is 2.24. The van der Waals surface area contributed by atoms with Gasteiger partial charge in [0.25, 0.3) is 0 Å². The minimum Gasteiger partial charge on any atom is -0.349 e. The molecule has 30 heavy (non-hydrogen) atoms. The standard InChI is InChI=1S/C23H22FN3O2S/c1-16(25-22(28)15-30-21-10-6-5-9-20(21)24)17-11-13-19(14-12-17)27-23(29)26-18-7-3-2-4-8-18/h2-14,16H,15H2,1H3,(H,25,28)(H2,26,27,29). The Morgan fingerprint density at radius 2 is 1.47 bits per heavy atom. The highest BCUT2D eigenvalue weighted by Crippen LogP contribution is 2.22. The minimum absolute atomic E-state index is 0.130. The molecule has 0 aliphatic heterocycles. The lowest BCUT2D eigenvalue weighted by atomic mass is 10.1. The summed E-state index contributed by atoms with van der Waals surface area (Å²) in [6.45, 7) is 1.87. The molecule has 0 heterocycles. The van der Waals surface area contributed by atoms with Crippen LogP contribution < -0.4 is 16.0 Å². The molecule has 0 saturated carbocycles. The van der Waals surface area contributed by atoms with E-state index in [0.29, 0.717) is 16.3 Å². The topological polar surface area (TPSA) is 70.2 Å². The molecule has 0 radical (unpaired) electrons. The van der Waals surface area contributed by atoms with Crippen molar-refractivity contribution in [2.75, 3.05) is 16.4 Å². The molecular formula is C23H22FN3O2S. The molecule has 0 aliphatic rings. The van der Waals surface area contributed by atoms with Gasteiger partial charge in [0, 0.05) is 16.3 Å². The van der Waals surface area contributed by atoms with Gasteiger partial charge < -0.3 is 16.0 Å². The van der Waals surface area contributed by atoms with Crippen molar-refractivity contribution in [1.29, 1.82) is 0 Å². The maximum atomic E-state index is 13.6. The fourth-order valence-corrected chi connectivity index (χ4v) is 3.49. The van der Waals surface area contributed by atoms with Crippen molar-refractivity contribution in [2.24, 2.45) is 0 Å². The van der Waals surface area contributed by atoms with Gasteiger partial charge in [-0.1, -0.05) is 42.5 Å². The van der Waals surface area contributed by atoms with E-state index in [-0.39, 0.29) is 29.6 Å². The summed E-state index contributed by atoms with van der Waals surface area (Å²) in [4.78, 5) is 24.7. The third-order valence-corrected chi connectivity index (χ3v) is 5.32. The van der Waals surface area contributed by atoms with E-state index in [1.165, 1.54) is 6.07 Å². The van der Waals surface area contributed by atoms with Gasteiger partial charge in [-0.3, -0.25) is 4.79 Å². The van der Waals surface area contributed by atoms with Gasteiger partial charge in [0.15, 0.2) is 0 Å². The Balaban J connectivity index is 1.48. The highest BCUT2D eigenvalue weighted by Gasteiger charge is 2.11. The number of carbonyl (C=O) groups excluding carboxylic acids is 2. The van der Waals surface area contributed by atoms with E-state index < -0.39 is 0 Å². The van der Waals surface area contributed by atoms with E-state index in [2.05, 4.69) is 16.0 Å². The Morgan fingerprint density at radius 1 is 0.867 bits per heavy atom. The van der Waals surface area contributed by atoms with Crippen molar-refractivity contribution in [2.45, 2.75) is 17.9 Å². The van der Waals surface area contributed by atoms with E-state index in [9.17, 15) is 14.0 Å². The summed E-state index contributed by atoms with van der Waals surface area (Å²) in [5, 5.41) is 8.41. The maximum Gasteiger partial charge on any atom is 0.323 e. The van der Waals surface area contributed by atoms with Gasteiger partial charge in [-0.2, -0.15) is 0 Å². The molecule has 3 N–H and O–H groups in total. The summed E-state index contributed by atoms with van der Waals surface area (Å²) < 4.78 is 13.6. The molecule has 0 bridgehead atoms. The van der Waals surface area contributed by atoms with Crippen molar-refractivity contribution in [3.63, 3.8) is 0 Å². The van der Waals surface area contributed by atoms with Gasteiger partial charge in [-0.15, -0.1) is 11.8 Å². The number of nitrogens with one attached hydrogen (secondary N) is 3. The molecule has 0 saturated heterocycles. The number of hydrogen-bond acceptors (Lipinski definition) is 3. The summed E-state index contributed by atoms with van der Waals surface area (Å²) in [5.74, 6) is -0.382. The Kier molecular flexibility index (Phi) is 7.45. The van der Waals surface area contributed by atoms with Crippen LogP contribution in [0.5, 0.6) is 0 Å². The van der Waals surface area contributed by atoms with Crippen LogP contribution >= 0.6 is 11.8 Å². The number of benzene rings is 3. The monoisotopic (exact) mass is 423 g/mol. The molecule has 3 rings (SSSR count). The first-order valence-corrected chi connectivity index (χ1v) is 10.4. The van der Waals surface area contributed by atoms with Crippen LogP contribution in [-0.4, -0.2) is 17.7 Å². The van der Waals surface area contributed by atoms with Crippen molar-refractivity contribution in [1.82, 2.24) is 5.32 Å². The number of hydrogen-bond donors (Lipinski definition) is 3. The summed E-state index contributed by atoms with van der Waals surface area (Å²) >= 11 is 1.16. The van der Waals surface area contributed by atoms with E-state index in [1.807, 2.05) is 37.3 Å². The second-order valence-corrected chi connectivity index (χ2v) is 7.59. The number of anilines is 2. The molecule has 0 aliphatic carbocycles. The molecule has 0 aromatic heterocycles. The van der Waals surface area contributed by atoms with Crippen LogP contribution in [0.15, 0.2) is 83.8 Å². The molecule has 0 fully saturated rings. The molecule has 5 nitrogen and oxygen atoms in total. The third kappa shape index (κ3) is 6.35. The Labute approximate surface area is 179 Å². The van der Waals surface area contributed by atoms with Crippen LogP contribution in [0.25, 0.3) is 0 Å². The Hall–Kier alpha value is -3.32. The molecule has 7 heteroatoms. The second-order valence-electron chi connectivity index (χ2n) is 6.58. The zero-order chi connectivity index (χ0) is 21.3. The van der Waals surface area contributed by atoms with Gasteiger partial charge >= 0.3 is 6.03 Å². The molecular weight excluding hydrogens is 401 g/mol. The van der Waals surface area contributed by atoms with Crippen molar-refractivity contribution in [3.05, 3.63) is 90.2 Å². The van der Waals surface area contributed by atoms with E-state index >= 15 is 0 Å². The molecule has 1 unspecified atom stereocenters. The fourth-order valence-electron chi connectivity index (χ4n) is 2.74. The van der Waals surface area contributed by atoms with Gasteiger partial charge in [0.1, 0.15) is 5.82 Å². The van der Waals surface area contributed by atoms with Gasteiger partial charge in [0.05, 0.1) is 11.8 Å². The maximum absolute atomic E-state index is 13.6. The van der Waals surface area contributed by atoms with Crippen LogP contribution in [0, 0.1) is 5.82 Å². The largest absolute Gasteiger partial charge is 0.349 e. The number of thioether (sulfide) groups is 1. The van der Waals surface area contributed by atoms with E-state index in [4.69, 9.17) is 0 Å². The molecule has 3 aromatic carbocycles. The number of urea groups is 1. The average molecular weight is 424 g/mol. The highest BCUT2D eigenvalue weighted by molar-refractivity contribution is 8.00. The van der Waals surface area contributed by atoms with Crippen molar-refractivity contribution < 1.29 is 14.0 Å². The number of carbonyl (C=O) groups is 2. The lowest BCUT2D eigenvalue weighted by Crippen LogP contribution is -2.28. The second kappa shape index (κ2) is 10.5. The molecule has 3 amide bonds. The summed E-state index contributed by atoms with van der Waals surface area (Å²) in [7, 11) is 0. The normalized spacial score (nSPS) is 11.4. The molecule has 3 aromatic rings.